The second kappa shape index (κ2) is 6.31. The van der Waals surface area contributed by atoms with Gasteiger partial charge in [-0.3, -0.25) is 5.32 Å². The van der Waals surface area contributed by atoms with Crippen molar-refractivity contribution >= 4 is 6.09 Å². The largest absolute Gasteiger partial charge is 0.508 e. The molecule has 3 rings (SSSR count). The van der Waals surface area contributed by atoms with E-state index >= 15 is 0 Å². The molecule has 2 aliphatic rings. The molecule has 2 aliphatic carbocycles. The Hall–Kier alpha value is -2.56. The Morgan fingerprint density at radius 3 is 2.73 bits per heavy atom. The zero-order chi connectivity index (χ0) is 19.1. The number of fused-ring (bicyclic) bond motifs is 3. The molecule has 0 saturated heterocycles. The van der Waals surface area contributed by atoms with Crippen molar-refractivity contribution in [2.75, 3.05) is 0 Å². The number of carbonyl (C=O) groups excluding carboxylic acids is 1. The predicted molar refractivity (Wildman–Crippen MR) is 98.4 cm³/mol. The Morgan fingerprint density at radius 2 is 2.04 bits per heavy atom. The highest BCUT2D eigenvalue weighted by molar-refractivity contribution is 5.72. The van der Waals surface area contributed by atoms with Crippen molar-refractivity contribution in [3.05, 3.63) is 64.7 Å². The van der Waals surface area contributed by atoms with Crippen LogP contribution in [0.5, 0.6) is 5.75 Å². The second-order valence-corrected chi connectivity index (χ2v) is 7.98. The summed E-state index contributed by atoms with van der Waals surface area (Å²) in [6, 6.07) is 2.72. The molecule has 1 aromatic rings. The van der Waals surface area contributed by atoms with Crippen molar-refractivity contribution in [1.82, 2.24) is 5.32 Å². The van der Waals surface area contributed by atoms with E-state index in [0.29, 0.717) is 29.7 Å². The molecule has 0 fully saturated rings. The number of amides is 1. The topological polar surface area (TPSA) is 58.6 Å². The molecule has 5 heteroatoms. The van der Waals surface area contributed by atoms with Crippen LogP contribution in [0.1, 0.15) is 45.2 Å². The molecule has 0 aliphatic heterocycles. The SMILES string of the molecule is CC(C)(C)OC(=O)NC1=C2C=CC=CC[C@]1(C)c1cc(O)cc(F)c1C2. The van der Waals surface area contributed by atoms with Crippen LogP contribution >= 0.6 is 0 Å². The van der Waals surface area contributed by atoms with Gasteiger partial charge in [-0.25, -0.2) is 9.18 Å². The Labute approximate surface area is 153 Å². The molecule has 0 saturated carbocycles. The monoisotopic (exact) mass is 357 g/mol. The number of hydrogen-bond acceptors (Lipinski definition) is 3. The van der Waals surface area contributed by atoms with Gasteiger partial charge in [0.05, 0.1) is 0 Å². The molecule has 4 nitrogen and oxygen atoms in total. The highest BCUT2D eigenvalue weighted by atomic mass is 19.1. The number of rotatable bonds is 1. The summed E-state index contributed by atoms with van der Waals surface area (Å²) in [5, 5.41) is 12.8. The van der Waals surface area contributed by atoms with Gasteiger partial charge in [-0.2, -0.15) is 0 Å². The van der Waals surface area contributed by atoms with Crippen molar-refractivity contribution in [3.8, 4) is 5.75 Å². The molecule has 0 aromatic heterocycles. The predicted octanol–water partition coefficient (Wildman–Crippen LogP) is 4.64. The third kappa shape index (κ3) is 3.39. The summed E-state index contributed by atoms with van der Waals surface area (Å²) in [5.41, 5.74) is 1.45. The fourth-order valence-corrected chi connectivity index (χ4v) is 3.59. The summed E-state index contributed by atoms with van der Waals surface area (Å²) in [7, 11) is 0. The van der Waals surface area contributed by atoms with E-state index in [1.54, 1.807) is 26.8 Å². The fraction of sp³-hybridized carbons (Fsp3) is 0.381. The second-order valence-electron chi connectivity index (χ2n) is 7.98. The van der Waals surface area contributed by atoms with Crippen LogP contribution in [0.25, 0.3) is 0 Å². The molecule has 2 N–H and O–H groups in total. The molecule has 1 aromatic carbocycles. The van der Waals surface area contributed by atoms with E-state index in [2.05, 4.69) is 5.32 Å². The molecule has 0 spiro atoms. The highest BCUT2D eigenvalue weighted by Gasteiger charge is 2.40. The van der Waals surface area contributed by atoms with Crippen molar-refractivity contribution in [2.24, 2.45) is 0 Å². The number of nitrogens with one attached hydrogen (secondary N) is 1. The molecule has 26 heavy (non-hydrogen) atoms. The quantitative estimate of drug-likeness (QED) is 0.770. The third-order valence-corrected chi connectivity index (χ3v) is 4.71. The normalized spacial score (nSPS) is 21.7. The van der Waals surface area contributed by atoms with Crippen LogP contribution < -0.4 is 5.32 Å². The summed E-state index contributed by atoms with van der Waals surface area (Å²) in [6.45, 7) is 7.35. The number of aromatic hydroxyl groups is 1. The van der Waals surface area contributed by atoms with Crippen LogP contribution in [0.3, 0.4) is 0 Å². The summed E-state index contributed by atoms with van der Waals surface area (Å²) in [6.07, 6.45) is 8.03. The van der Waals surface area contributed by atoms with E-state index in [0.717, 1.165) is 11.6 Å². The van der Waals surface area contributed by atoms with Crippen LogP contribution in [0.2, 0.25) is 0 Å². The Balaban J connectivity index is 2.11. The minimum absolute atomic E-state index is 0.121. The lowest BCUT2D eigenvalue weighted by molar-refractivity contribution is 0.0537. The van der Waals surface area contributed by atoms with Gasteiger partial charge >= 0.3 is 6.09 Å². The number of phenols is 1. The Kier molecular flexibility index (Phi) is 4.42. The van der Waals surface area contributed by atoms with E-state index in [9.17, 15) is 14.3 Å². The standard InChI is InChI=1S/C21H24FNO3/c1-20(2,3)26-19(25)23-18-13-8-6-5-7-9-21(18,4)16-11-14(24)12-17(22)15(16)10-13/h5-8,11-12,24H,9-10H2,1-4H3,(H,23,25)/t21-/m1/s1. The lowest BCUT2D eigenvalue weighted by Gasteiger charge is -2.40. The van der Waals surface area contributed by atoms with Crippen LogP contribution in [-0.4, -0.2) is 16.8 Å². The molecule has 138 valence electrons. The number of carbonyl (C=O) groups is 1. The zero-order valence-corrected chi connectivity index (χ0v) is 15.5. The smallest absolute Gasteiger partial charge is 0.411 e. The van der Waals surface area contributed by atoms with Gasteiger partial charge in [0.25, 0.3) is 0 Å². The number of hydrogen-bond donors (Lipinski definition) is 2. The molecular formula is C21H24FNO3. The molecule has 0 unspecified atom stereocenters. The lowest BCUT2D eigenvalue weighted by atomic mass is 9.67. The molecule has 0 radical (unpaired) electrons. The van der Waals surface area contributed by atoms with Gasteiger partial charge in [0.2, 0.25) is 0 Å². The van der Waals surface area contributed by atoms with Crippen molar-refractivity contribution in [3.63, 3.8) is 0 Å². The highest BCUT2D eigenvalue weighted by Crippen LogP contribution is 2.45. The zero-order valence-electron chi connectivity index (χ0n) is 15.5. The van der Waals surface area contributed by atoms with E-state index < -0.39 is 22.9 Å². The maximum atomic E-state index is 14.5. The molecule has 0 heterocycles. The minimum atomic E-state index is -0.680. The van der Waals surface area contributed by atoms with Gasteiger partial charge in [-0.15, -0.1) is 0 Å². The maximum absolute atomic E-state index is 14.5. The first-order chi connectivity index (χ1) is 12.1. The van der Waals surface area contributed by atoms with Crippen LogP contribution in [0.4, 0.5) is 9.18 Å². The first kappa shape index (κ1) is 18.2. The molecule has 1 atom stereocenters. The molecule has 1 amide bonds. The number of alkyl carbamates (subject to hydrolysis) is 1. The first-order valence-corrected chi connectivity index (χ1v) is 8.69. The first-order valence-electron chi connectivity index (χ1n) is 8.69. The minimum Gasteiger partial charge on any atom is -0.508 e. The molecular weight excluding hydrogens is 333 g/mol. The van der Waals surface area contributed by atoms with E-state index in [4.69, 9.17) is 4.74 Å². The fourth-order valence-electron chi connectivity index (χ4n) is 3.59. The van der Waals surface area contributed by atoms with Crippen molar-refractivity contribution in [1.29, 1.82) is 0 Å². The van der Waals surface area contributed by atoms with E-state index in [1.165, 1.54) is 0 Å². The average molecular weight is 357 g/mol. The number of ether oxygens (including phenoxy) is 1. The van der Waals surface area contributed by atoms with Crippen LogP contribution in [0, 0.1) is 5.82 Å². The van der Waals surface area contributed by atoms with Gasteiger partial charge in [0.1, 0.15) is 17.2 Å². The van der Waals surface area contributed by atoms with Gasteiger partial charge in [0.15, 0.2) is 0 Å². The van der Waals surface area contributed by atoms with E-state index in [1.807, 2.05) is 31.2 Å². The number of benzene rings is 1. The Morgan fingerprint density at radius 1 is 1.31 bits per heavy atom. The summed E-state index contributed by atoms with van der Waals surface area (Å²) < 4.78 is 19.9. The van der Waals surface area contributed by atoms with E-state index in [-0.39, 0.29) is 5.75 Å². The number of allylic oxidation sites excluding steroid dienone is 6. The summed E-state index contributed by atoms with van der Waals surface area (Å²) >= 11 is 0. The van der Waals surface area contributed by atoms with Gasteiger partial charge in [0, 0.05) is 23.6 Å². The maximum Gasteiger partial charge on any atom is 0.411 e. The van der Waals surface area contributed by atoms with Gasteiger partial charge in [-0.05, 0) is 56.9 Å². The number of halogens is 1. The summed E-state index contributed by atoms with van der Waals surface area (Å²) in [5.74, 6) is -0.554. The summed E-state index contributed by atoms with van der Waals surface area (Å²) in [4.78, 5) is 12.4. The Bertz CT molecular complexity index is 846. The third-order valence-electron chi connectivity index (χ3n) is 4.71. The lowest BCUT2D eigenvalue weighted by Crippen LogP contribution is -2.42. The van der Waals surface area contributed by atoms with Gasteiger partial charge < -0.3 is 9.84 Å². The van der Waals surface area contributed by atoms with Crippen molar-refractivity contribution < 1.29 is 19.0 Å². The van der Waals surface area contributed by atoms with Crippen LogP contribution in [0.15, 0.2) is 47.7 Å². The van der Waals surface area contributed by atoms with Crippen LogP contribution in [-0.2, 0) is 16.6 Å². The average Bonchev–Trinajstić information content (AvgIpc) is 2.49. The van der Waals surface area contributed by atoms with Gasteiger partial charge in [-0.1, -0.05) is 24.3 Å². The number of phenolic OH excluding ortho intramolecular Hbond substituents is 1. The van der Waals surface area contributed by atoms with Crippen molar-refractivity contribution in [2.45, 2.75) is 51.6 Å². The molecule has 2 bridgehead atoms.